The van der Waals surface area contributed by atoms with E-state index in [1.54, 1.807) is 31.2 Å². The molecule has 0 aromatic heterocycles. The fourth-order valence-corrected chi connectivity index (χ4v) is 4.55. The quantitative estimate of drug-likeness (QED) is 0.573. The average molecular weight is 343 g/mol. The van der Waals surface area contributed by atoms with E-state index >= 15 is 0 Å². The number of fused-ring (bicyclic) bond motifs is 2. The van der Waals surface area contributed by atoms with Gasteiger partial charge < -0.3 is 10.1 Å². The number of ketones is 1. The molecule has 136 valence electrons. The molecule has 0 aliphatic heterocycles. The molecule has 0 saturated heterocycles. The van der Waals surface area contributed by atoms with E-state index < -0.39 is 0 Å². The first-order valence-electron chi connectivity index (χ1n) is 9.56. The van der Waals surface area contributed by atoms with Gasteiger partial charge in [0.2, 0.25) is 5.91 Å². The molecule has 4 atom stereocenters. The minimum absolute atomic E-state index is 0.0489. The monoisotopic (exact) mass is 343 g/mol. The Morgan fingerprint density at radius 2 is 1.96 bits per heavy atom. The number of nitrogens with one attached hydrogen (secondary N) is 1. The van der Waals surface area contributed by atoms with Gasteiger partial charge in [-0.05, 0) is 81.5 Å². The Morgan fingerprint density at radius 1 is 1.20 bits per heavy atom. The first kappa shape index (κ1) is 18.0. The lowest BCUT2D eigenvalue weighted by Crippen LogP contribution is -2.40. The third-order valence-corrected chi connectivity index (χ3v) is 5.90. The zero-order valence-electron chi connectivity index (χ0n) is 15.3. The van der Waals surface area contributed by atoms with Crippen LogP contribution in [0, 0.1) is 17.8 Å². The maximum atomic E-state index is 12.1. The summed E-state index contributed by atoms with van der Waals surface area (Å²) in [5.41, 5.74) is 0.682. The van der Waals surface area contributed by atoms with E-state index in [4.69, 9.17) is 4.74 Å². The van der Waals surface area contributed by atoms with Crippen LogP contribution in [0.25, 0.3) is 0 Å². The highest BCUT2D eigenvalue weighted by atomic mass is 16.5. The van der Waals surface area contributed by atoms with Crippen LogP contribution in [0.5, 0.6) is 5.75 Å². The molecule has 4 heteroatoms. The lowest BCUT2D eigenvalue weighted by Gasteiger charge is -2.28. The summed E-state index contributed by atoms with van der Waals surface area (Å²) >= 11 is 0. The van der Waals surface area contributed by atoms with Crippen molar-refractivity contribution >= 4 is 11.7 Å². The number of Topliss-reactive ketones (excluding diaryl/α,β-unsaturated/α-hetero) is 1. The number of rotatable bonds is 8. The van der Waals surface area contributed by atoms with Crippen molar-refractivity contribution in [2.24, 2.45) is 17.8 Å². The second-order valence-electron chi connectivity index (χ2n) is 7.73. The fraction of sp³-hybridized carbons (Fsp3) is 0.619. The van der Waals surface area contributed by atoms with Crippen LogP contribution in [0.3, 0.4) is 0 Å². The zero-order chi connectivity index (χ0) is 17.8. The smallest absolute Gasteiger partial charge is 0.220 e. The molecule has 1 aromatic rings. The molecule has 0 heterocycles. The van der Waals surface area contributed by atoms with E-state index in [0.717, 1.165) is 17.6 Å². The lowest BCUT2D eigenvalue weighted by atomic mass is 9.84. The summed E-state index contributed by atoms with van der Waals surface area (Å²) in [4.78, 5) is 23.4. The Kier molecular flexibility index (Phi) is 5.77. The Morgan fingerprint density at radius 3 is 2.56 bits per heavy atom. The van der Waals surface area contributed by atoms with Crippen molar-refractivity contribution in [3.63, 3.8) is 0 Å². The highest BCUT2D eigenvalue weighted by molar-refractivity contribution is 5.94. The minimum Gasteiger partial charge on any atom is -0.494 e. The van der Waals surface area contributed by atoms with E-state index in [1.165, 1.54) is 25.7 Å². The molecule has 2 aliphatic rings. The number of hydrogen-bond acceptors (Lipinski definition) is 3. The van der Waals surface area contributed by atoms with Crippen molar-refractivity contribution in [3.8, 4) is 5.75 Å². The van der Waals surface area contributed by atoms with Crippen LogP contribution in [-0.4, -0.2) is 24.3 Å². The van der Waals surface area contributed by atoms with Crippen molar-refractivity contribution in [3.05, 3.63) is 29.8 Å². The molecule has 1 aromatic carbocycles. The molecule has 0 radical (unpaired) electrons. The molecule has 0 spiro atoms. The second-order valence-corrected chi connectivity index (χ2v) is 7.73. The fourth-order valence-electron chi connectivity index (χ4n) is 4.55. The van der Waals surface area contributed by atoms with E-state index in [0.29, 0.717) is 37.0 Å². The Balaban J connectivity index is 1.33. The average Bonchev–Trinajstić information content (AvgIpc) is 3.22. The molecular formula is C21H29NO3. The Bertz CT molecular complexity index is 610. The van der Waals surface area contributed by atoms with Crippen molar-refractivity contribution in [1.29, 1.82) is 0 Å². The van der Waals surface area contributed by atoms with Gasteiger partial charge in [-0.25, -0.2) is 0 Å². The molecule has 25 heavy (non-hydrogen) atoms. The SMILES string of the molecule is CC(=O)c1ccc(OCCCC(=O)N[C@H](C)[C@H]2C[C@H]3CC[C@H]2C3)cc1. The van der Waals surface area contributed by atoms with Crippen molar-refractivity contribution in [1.82, 2.24) is 5.32 Å². The van der Waals surface area contributed by atoms with Crippen molar-refractivity contribution in [2.75, 3.05) is 6.61 Å². The van der Waals surface area contributed by atoms with Gasteiger partial charge in [-0.1, -0.05) is 6.42 Å². The van der Waals surface area contributed by atoms with Crippen LogP contribution in [0.4, 0.5) is 0 Å². The van der Waals surface area contributed by atoms with Gasteiger partial charge >= 0.3 is 0 Å². The zero-order valence-corrected chi connectivity index (χ0v) is 15.3. The number of hydrogen-bond donors (Lipinski definition) is 1. The predicted molar refractivity (Wildman–Crippen MR) is 97.7 cm³/mol. The molecule has 2 aliphatic carbocycles. The molecule has 4 nitrogen and oxygen atoms in total. The van der Waals surface area contributed by atoms with Gasteiger partial charge in [-0.2, -0.15) is 0 Å². The lowest BCUT2D eigenvalue weighted by molar-refractivity contribution is -0.122. The molecular weight excluding hydrogens is 314 g/mol. The molecule has 1 N–H and O–H groups in total. The third-order valence-electron chi connectivity index (χ3n) is 5.90. The third kappa shape index (κ3) is 4.62. The van der Waals surface area contributed by atoms with Gasteiger partial charge in [0.05, 0.1) is 6.61 Å². The van der Waals surface area contributed by atoms with E-state index in [9.17, 15) is 9.59 Å². The largest absolute Gasteiger partial charge is 0.494 e. The Labute approximate surface area is 150 Å². The van der Waals surface area contributed by atoms with Gasteiger partial charge in [0, 0.05) is 18.0 Å². The number of ether oxygens (including phenoxy) is 1. The van der Waals surface area contributed by atoms with Crippen LogP contribution in [0.15, 0.2) is 24.3 Å². The van der Waals surface area contributed by atoms with E-state index in [-0.39, 0.29) is 11.7 Å². The summed E-state index contributed by atoms with van der Waals surface area (Å²) in [7, 11) is 0. The normalized spacial score (nSPS) is 25.6. The topological polar surface area (TPSA) is 55.4 Å². The number of amides is 1. The summed E-state index contributed by atoms with van der Waals surface area (Å²) in [5.74, 6) is 3.34. The maximum absolute atomic E-state index is 12.1. The van der Waals surface area contributed by atoms with Gasteiger partial charge in [0.15, 0.2) is 5.78 Å². The second kappa shape index (κ2) is 8.03. The highest BCUT2D eigenvalue weighted by Crippen LogP contribution is 2.49. The number of carbonyl (C=O) groups excluding carboxylic acids is 2. The standard InChI is InChI=1S/C21H29NO3/c1-14(20-13-16-5-6-18(20)12-16)22-21(24)4-3-11-25-19-9-7-17(8-10-19)15(2)23/h7-10,14,16,18,20H,3-6,11-13H2,1-2H3,(H,22,24)/t14-,16+,18+,20-/m1/s1. The molecule has 2 saturated carbocycles. The predicted octanol–water partition coefficient (Wildman–Crippen LogP) is 3.99. The van der Waals surface area contributed by atoms with E-state index in [2.05, 4.69) is 12.2 Å². The van der Waals surface area contributed by atoms with Crippen LogP contribution < -0.4 is 10.1 Å². The van der Waals surface area contributed by atoms with Gasteiger partial charge in [-0.3, -0.25) is 9.59 Å². The van der Waals surface area contributed by atoms with Gasteiger partial charge in [0.25, 0.3) is 0 Å². The molecule has 0 unspecified atom stereocenters. The van der Waals surface area contributed by atoms with Crippen molar-refractivity contribution in [2.45, 2.75) is 58.4 Å². The summed E-state index contributed by atoms with van der Waals surface area (Å²) in [6.45, 7) is 4.22. The summed E-state index contributed by atoms with van der Waals surface area (Å²) in [6, 6.07) is 7.42. The summed E-state index contributed by atoms with van der Waals surface area (Å²) in [6.07, 6.45) is 6.62. The van der Waals surface area contributed by atoms with Gasteiger partial charge in [0.1, 0.15) is 5.75 Å². The number of benzene rings is 1. The minimum atomic E-state index is 0.0489. The summed E-state index contributed by atoms with van der Waals surface area (Å²) in [5, 5.41) is 3.19. The first-order chi connectivity index (χ1) is 12.0. The first-order valence-corrected chi connectivity index (χ1v) is 9.56. The molecule has 2 fully saturated rings. The van der Waals surface area contributed by atoms with Crippen LogP contribution >= 0.6 is 0 Å². The van der Waals surface area contributed by atoms with E-state index in [1.807, 2.05) is 0 Å². The van der Waals surface area contributed by atoms with Crippen LogP contribution in [0.2, 0.25) is 0 Å². The van der Waals surface area contributed by atoms with Crippen LogP contribution in [-0.2, 0) is 4.79 Å². The maximum Gasteiger partial charge on any atom is 0.220 e. The van der Waals surface area contributed by atoms with Crippen molar-refractivity contribution < 1.29 is 14.3 Å². The molecule has 2 bridgehead atoms. The molecule has 1 amide bonds. The Hall–Kier alpha value is -1.84. The summed E-state index contributed by atoms with van der Waals surface area (Å²) < 4.78 is 5.64. The number of carbonyl (C=O) groups is 2. The highest BCUT2D eigenvalue weighted by Gasteiger charge is 2.41. The molecule has 3 rings (SSSR count). The van der Waals surface area contributed by atoms with Crippen LogP contribution in [0.1, 0.15) is 62.7 Å². The van der Waals surface area contributed by atoms with Gasteiger partial charge in [-0.15, -0.1) is 0 Å².